The van der Waals surface area contributed by atoms with E-state index in [1.807, 2.05) is 37.3 Å². The van der Waals surface area contributed by atoms with Crippen LogP contribution >= 0.6 is 0 Å². The van der Waals surface area contributed by atoms with Crippen molar-refractivity contribution >= 4 is 11.6 Å². The third-order valence-electron chi connectivity index (χ3n) is 3.61. The first-order valence-electron chi connectivity index (χ1n) is 7.09. The maximum absolute atomic E-state index is 12.3. The zero-order valence-electron chi connectivity index (χ0n) is 12.8. The summed E-state index contributed by atoms with van der Waals surface area (Å²) in [6.07, 6.45) is 0. The van der Waals surface area contributed by atoms with Gasteiger partial charge in [-0.25, -0.2) is 0 Å². The molecule has 2 rings (SSSR count). The molecule has 2 aromatic carbocycles. The predicted molar refractivity (Wildman–Crippen MR) is 87.4 cm³/mol. The SMILES string of the molecule is Cc1cc(N)cc(C(=O)NCC(C)(C)c2ccccc2)c1. The molecule has 0 heterocycles. The van der Waals surface area contributed by atoms with Crippen LogP contribution in [0, 0.1) is 6.92 Å². The number of carbonyl (C=O) groups excluding carboxylic acids is 1. The van der Waals surface area contributed by atoms with Gasteiger partial charge in [-0.1, -0.05) is 44.2 Å². The fourth-order valence-electron chi connectivity index (χ4n) is 2.34. The van der Waals surface area contributed by atoms with E-state index in [1.54, 1.807) is 6.07 Å². The van der Waals surface area contributed by atoms with Gasteiger partial charge < -0.3 is 11.1 Å². The molecule has 0 aliphatic heterocycles. The molecule has 0 aromatic heterocycles. The smallest absolute Gasteiger partial charge is 0.251 e. The second kappa shape index (κ2) is 6.00. The number of aryl methyl sites for hydroxylation is 1. The first-order valence-corrected chi connectivity index (χ1v) is 7.09. The van der Waals surface area contributed by atoms with Crippen molar-refractivity contribution in [1.29, 1.82) is 0 Å². The third kappa shape index (κ3) is 3.85. The summed E-state index contributed by atoms with van der Waals surface area (Å²) in [6.45, 7) is 6.74. The molecule has 3 nitrogen and oxygen atoms in total. The molecule has 3 heteroatoms. The van der Waals surface area contributed by atoms with Gasteiger partial charge >= 0.3 is 0 Å². The maximum atomic E-state index is 12.3. The first kappa shape index (κ1) is 15.1. The average Bonchev–Trinajstić information content (AvgIpc) is 2.45. The highest BCUT2D eigenvalue weighted by atomic mass is 16.1. The molecule has 0 saturated heterocycles. The van der Waals surface area contributed by atoms with Crippen molar-refractivity contribution in [1.82, 2.24) is 5.32 Å². The summed E-state index contributed by atoms with van der Waals surface area (Å²) < 4.78 is 0. The second-order valence-corrected chi connectivity index (χ2v) is 6.06. The molecular formula is C18H22N2O. The zero-order valence-corrected chi connectivity index (χ0v) is 12.8. The van der Waals surface area contributed by atoms with Gasteiger partial charge in [0.15, 0.2) is 0 Å². The molecule has 3 N–H and O–H groups in total. The molecule has 0 bridgehead atoms. The normalized spacial score (nSPS) is 11.2. The summed E-state index contributed by atoms with van der Waals surface area (Å²) in [5.41, 5.74) is 9.08. The highest BCUT2D eigenvalue weighted by Gasteiger charge is 2.21. The highest BCUT2D eigenvalue weighted by Crippen LogP contribution is 2.22. The lowest BCUT2D eigenvalue weighted by molar-refractivity contribution is 0.0945. The summed E-state index contributed by atoms with van der Waals surface area (Å²) in [5, 5.41) is 3.00. The molecule has 0 radical (unpaired) electrons. The minimum Gasteiger partial charge on any atom is -0.399 e. The van der Waals surface area contributed by atoms with Gasteiger partial charge in [-0.05, 0) is 36.2 Å². The topological polar surface area (TPSA) is 55.1 Å². The monoisotopic (exact) mass is 282 g/mol. The molecular weight excluding hydrogens is 260 g/mol. The number of amides is 1. The van der Waals surface area contributed by atoms with Crippen LogP contribution in [0.4, 0.5) is 5.69 Å². The van der Waals surface area contributed by atoms with Crippen molar-refractivity contribution in [3.63, 3.8) is 0 Å². The number of nitrogens with one attached hydrogen (secondary N) is 1. The van der Waals surface area contributed by atoms with Crippen LogP contribution in [0.1, 0.15) is 35.3 Å². The molecule has 1 amide bonds. The van der Waals surface area contributed by atoms with Gasteiger partial charge in [0.1, 0.15) is 0 Å². The van der Waals surface area contributed by atoms with Crippen LogP contribution in [0.2, 0.25) is 0 Å². The zero-order chi connectivity index (χ0) is 15.5. The van der Waals surface area contributed by atoms with Crippen molar-refractivity contribution in [2.24, 2.45) is 0 Å². The van der Waals surface area contributed by atoms with E-state index in [-0.39, 0.29) is 11.3 Å². The van der Waals surface area contributed by atoms with Crippen LogP contribution in [0.5, 0.6) is 0 Å². The van der Waals surface area contributed by atoms with E-state index in [0.29, 0.717) is 17.8 Å². The second-order valence-electron chi connectivity index (χ2n) is 6.06. The van der Waals surface area contributed by atoms with Gasteiger partial charge in [-0.2, -0.15) is 0 Å². The van der Waals surface area contributed by atoms with E-state index in [0.717, 1.165) is 5.56 Å². The van der Waals surface area contributed by atoms with Gasteiger partial charge in [-0.3, -0.25) is 4.79 Å². The fourth-order valence-corrected chi connectivity index (χ4v) is 2.34. The largest absolute Gasteiger partial charge is 0.399 e. The Morgan fingerprint density at radius 1 is 1.14 bits per heavy atom. The van der Waals surface area contributed by atoms with E-state index in [9.17, 15) is 4.79 Å². The number of rotatable bonds is 4. The number of nitrogens with two attached hydrogens (primary N) is 1. The van der Waals surface area contributed by atoms with Crippen LogP contribution in [0.3, 0.4) is 0 Å². The molecule has 0 fully saturated rings. The van der Waals surface area contributed by atoms with Crippen molar-refractivity contribution in [3.8, 4) is 0 Å². The van der Waals surface area contributed by atoms with E-state index in [1.165, 1.54) is 5.56 Å². The number of hydrogen-bond donors (Lipinski definition) is 2. The lowest BCUT2D eigenvalue weighted by Crippen LogP contribution is -2.36. The lowest BCUT2D eigenvalue weighted by Gasteiger charge is -2.25. The Labute approximate surface area is 126 Å². The Hall–Kier alpha value is -2.29. The maximum Gasteiger partial charge on any atom is 0.251 e. The van der Waals surface area contributed by atoms with Crippen molar-refractivity contribution < 1.29 is 4.79 Å². The van der Waals surface area contributed by atoms with E-state index >= 15 is 0 Å². The number of carbonyl (C=O) groups is 1. The Morgan fingerprint density at radius 2 is 1.81 bits per heavy atom. The highest BCUT2D eigenvalue weighted by molar-refractivity contribution is 5.95. The number of anilines is 1. The molecule has 21 heavy (non-hydrogen) atoms. The Bertz CT molecular complexity index is 613. The standard InChI is InChI=1S/C18H22N2O/c1-13-9-14(11-16(19)10-13)17(21)20-12-18(2,3)15-7-5-4-6-8-15/h4-11H,12,19H2,1-3H3,(H,20,21). The van der Waals surface area contributed by atoms with Gasteiger partial charge in [0, 0.05) is 23.2 Å². The van der Waals surface area contributed by atoms with Crippen LogP contribution in [0.15, 0.2) is 48.5 Å². The summed E-state index contributed by atoms with van der Waals surface area (Å²) in [6, 6.07) is 15.6. The molecule has 0 unspecified atom stereocenters. The first-order chi connectivity index (χ1) is 9.88. The molecule has 0 spiro atoms. The quantitative estimate of drug-likeness (QED) is 0.845. The fraction of sp³-hybridized carbons (Fsp3) is 0.278. The Balaban J connectivity index is 2.07. The Kier molecular flexibility index (Phi) is 4.32. The molecule has 2 aromatic rings. The van der Waals surface area contributed by atoms with E-state index in [4.69, 9.17) is 5.73 Å². The van der Waals surface area contributed by atoms with Crippen LogP contribution in [-0.2, 0) is 5.41 Å². The van der Waals surface area contributed by atoms with Crippen LogP contribution in [0.25, 0.3) is 0 Å². The van der Waals surface area contributed by atoms with E-state index < -0.39 is 0 Å². The van der Waals surface area contributed by atoms with Gasteiger partial charge in [0.2, 0.25) is 0 Å². The summed E-state index contributed by atoms with van der Waals surface area (Å²) in [7, 11) is 0. The number of hydrogen-bond acceptors (Lipinski definition) is 2. The number of benzene rings is 2. The minimum absolute atomic E-state index is 0.0885. The van der Waals surface area contributed by atoms with Gasteiger partial charge in [-0.15, -0.1) is 0 Å². The number of nitrogen functional groups attached to an aromatic ring is 1. The summed E-state index contributed by atoms with van der Waals surface area (Å²) >= 11 is 0. The average molecular weight is 282 g/mol. The van der Waals surface area contributed by atoms with Gasteiger partial charge in [0.05, 0.1) is 0 Å². The van der Waals surface area contributed by atoms with E-state index in [2.05, 4.69) is 31.3 Å². The molecule has 0 atom stereocenters. The lowest BCUT2D eigenvalue weighted by atomic mass is 9.84. The third-order valence-corrected chi connectivity index (χ3v) is 3.61. The predicted octanol–water partition coefficient (Wildman–Crippen LogP) is 3.28. The van der Waals surface area contributed by atoms with Crippen molar-refractivity contribution in [3.05, 3.63) is 65.2 Å². The summed E-state index contributed by atoms with van der Waals surface area (Å²) in [5.74, 6) is -0.0885. The minimum atomic E-state index is -0.119. The van der Waals surface area contributed by atoms with Crippen LogP contribution < -0.4 is 11.1 Å². The Morgan fingerprint density at radius 3 is 2.43 bits per heavy atom. The van der Waals surface area contributed by atoms with Crippen molar-refractivity contribution in [2.45, 2.75) is 26.2 Å². The van der Waals surface area contributed by atoms with Gasteiger partial charge in [0.25, 0.3) is 5.91 Å². The van der Waals surface area contributed by atoms with Crippen LogP contribution in [-0.4, -0.2) is 12.5 Å². The summed E-state index contributed by atoms with van der Waals surface area (Å²) in [4.78, 5) is 12.3. The molecule has 0 saturated carbocycles. The van der Waals surface area contributed by atoms with Crippen molar-refractivity contribution in [2.75, 3.05) is 12.3 Å². The molecule has 110 valence electrons. The molecule has 0 aliphatic rings. The molecule has 0 aliphatic carbocycles.